The zero-order chi connectivity index (χ0) is 15.6. The van der Waals surface area contributed by atoms with Crippen molar-refractivity contribution in [3.05, 3.63) is 51.4 Å². The van der Waals surface area contributed by atoms with Crippen molar-refractivity contribution in [3.8, 4) is 0 Å². The molecule has 0 fully saturated rings. The van der Waals surface area contributed by atoms with Crippen LogP contribution in [0.1, 0.15) is 18.1 Å². The number of aliphatic imine (C=N–C) groups is 1. The van der Waals surface area contributed by atoms with Crippen molar-refractivity contribution >= 4 is 52.9 Å². The summed E-state index contributed by atoms with van der Waals surface area (Å²) in [5.74, 6) is 0.861. The van der Waals surface area contributed by atoms with Crippen molar-refractivity contribution in [1.82, 2.24) is 15.6 Å². The Morgan fingerprint density at radius 3 is 2.74 bits per heavy atom. The number of halogens is 2. The fraction of sp³-hybridized carbons (Fsp3) is 0.375. The maximum atomic E-state index is 5.78. The van der Waals surface area contributed by atoms with Crippen molar-refractivity contribution < 1.29 is 0 Å². The fourth-order valence-electron chi connectivity index (χ4n) is 1.95. The molecule has 0 aromatic carbocycles. The van der Waals surface area contributed by atoms with Crippen LogP contribution in [0, 0.1) is 0 Å². The van der Waals surface area contributed by atoms with Crippen LogP contribution in [0.5, 0.6) is 0 Å². The van der Waals surface area contributed by atoms with Crippen LogP contribution in [0.15, 0.2) is 40.1 Å². The Morgan fingerprint density at radius 2 is 2.09 bits per heavy atom. The zero-order valence-corrected chi connectivity index (χ0v) is 17.0. The molecule has 2 rings (SSSR count). The van der Waals surface area contributed by atoms with E-state index in [4.69, 9.17) is 11.6 Å². The molecule has 2 aromatic rings. The molecule has 0 aliphatic rings. The van der Waals surface area contributed by atoms with Crippen LogP contribution in [-0.2, 0) is 12.8 Å². The number of aromatic nitrogens is 1. The smallest absolute Gasteiger partial charge is 0.191 e. The van der Waals surface area contributed by atoms with Gasteiger partial charge in [-0.3, -0.25) is 4.99 Å². The first kappa shape index (κ1) is 20.2. The number of hydrogen-bond donors (Lipinski definition) is 2. The molecule has 2 N–H and O–H groups in total. The topological polar surface area (TPSA) is 49.3 Å². The molecule has 2 heterocycles. The lowest BCUT2D eigenvalue weighted by atomic mass is 10.2. The monoisotopic (exact) mass is 464 g/mol. The number of nitrogens with zero attached hydrogens (tertiary/aromatic N) is 2. The molecule has 0 bridgehead atoms. The summed E-state index contributed by atoms with van der Waals surface area (Å²) in [5.41, 5.74) is 2.50. The fourth-order valence-corrected chi connectivity index (χ4v) is 2.77. The first-order valence-corrected chi connectivity index (χ1v) is 8.73. The minimum Gasteiger partial charge on any atom is -0.357 e. The normalized spacial score (nSPS) is 11.0. The second kappa shape index (κ2) is 11.6. The van der Waals surface area contributed by atoms with E-state index in [-0.39, 0.29) is 24.0 Å². The molecule has 0 amide bonds. The highest BCUT2D eigenvalue weighted by Crippen LogP contribution is 2.06. The van der Waals surface area contributed by atoms with Gasteiger partial charge in [-0.1, -0.05) is 17.7 Å². The number of pyridine rings is 1. The molecule has 0 aliphatic heterocycles. The molecule has 23 heavy (non-hydrogen) atoms. The molecule has 0 unspecified atom stereocenters. The van der Waals surface area contributed by atoms with E-state index in [0.29, 0.717) is 5.15 Å². The van der Waals surface area contributed by atoms with Crippen LogP contribution < -0.4 is 10.6 Å². The van der Waals surface area contributed by atoms with Crippen molar-refractivity contribution in [3.63, 3.8) is 0 Å². The number of thiophene rings is 1. The molecular weight excluding hydrogens is 443 g/mol. The predicted octanol–water partition coefficient (Wildman–Crippen LogP) is 3.75. The lowest BCUT2D eigenvalue weighted by Gasteiger charge is -2.10. The van der Waals surface area contributed by atoms with E-state index in [0.717, 1.165) is 44.0 Å². The van der Waals surface area contributed by atoms with Crippen LogP contribution in [0.2, 0.25) is 5.15 Å². The van der Waals surface area contributed by atoms with Gasteiger partial charge in [-0.15, -0.1) is 24.0 Å². The van der Waals surface area contributed by atoms with Crippen LogP contribution in [-0.4, -0.2) is 30.6 Å². The van der Waals surface area contributed by atoms with Crippen LogP contribution >= 0.6 is 46.9 Å². The first-order valence-electron chi connectivity index (χ1n) is 7.41. The number of nitrogens with one attached hydrogen (secondary N) is 2. The molecule has 0 spiro atoms. The average Bonchev–Trinajstić information content (AvgIpc) is 3.02. The Kier molecular flexibility index (Phi) is 10.2. The van der Waals surface area contributed by atoms with Gasteiger partial charge in [0.25, 0.3) is 0 Å². The summed E-state index contributed by atoms with van der Waals surface area (Å²) in [6, 6.07) is 5.95. The van der Waals surface area contributed by atoms with Gasteiger partial charge in [0.05, 0.1) is 0 Å². The largest absolute Gasteiger partial charge is 0.357 e. The summed E-state index contributed by atoms with van der Waals surface area (Å²) >= 11 is 7.51. The van der Waals surface area contributed by atoms with Gasteiger partial charge < -0.3 is 10.6 Å². The van der Waals surface area contributed by atoms with Crippen molar-refractivity contribution in [2.24, 2.45) is 4.99 Å². The second-order valence-corrected chi connectivity index (χ2v) is 5.98. The van der Waals surface area contributed by atoms with E-state index in [1.165, 1.54) is 5.56 Å². The van der Waals surface area contributed by atoms with Gasteiger partial charge in [0, 0.05) is 25.8 Å². The highest BCUT2D eigenvalue weighted by atomic mass is 127. The van der Waals surface area contributed by atoms with Gasteiger partial charge in [0.1, 0.15) is 5.15 Å². The van der Waals surface area contributed by atoms with Crippen LogP contribution in [0.3, 0.4) is 0 Å². The molecule has 7 heteroatoms. The summed E-state index contributed by atoms with van der Waals surface area (Å²) in [7, 11) is 0. The molecule has 0 saturated carbocycles. The SMILES string of the molecule is CCNC(=NCCc1ccc(Cl)nc1)NCCc1ccsc1.I. The first-order chi connectivity index (χ1) is 10.8. The van der Waals surface area contributed by atoms with E-state index in [1.54, 1.807) is 17.5 Å². The summed E-state index contributed by atoms with van der Waals surface area (Å²) in [4.78, 5) is 8.66. The highest BCUT2D eigenvalue weighted by Gasteiger charge is 1.99. The maximum Gasteiger partial charge on any atom is 0.191 e. The summed E-state index contributed by atoms with van der Waals surface area (Å²) in [6.45, 7) is 4.52. The van der Waals surface area contributed by atoms with Gasteiger partial charge in [-0.2, -0.15) is 11.3 Å². The lowest BCUT2D eigenvalue weighted by Crippen LogP contribution is -2.38. The molecule has 0 saturated heterocycles. The van der Waals surface area contributed by atoms with E-state index < -0.39 is 0 Å². The summed E-state index contributed by atoms with van der Waals surface area (Å²) in [6.07, 6.45) is 3.66. The Morgan fingerprint density at radius 1 is 1.22 bits per heavy atom. The third kappa shape index (κ3) is 7.99. The summed E-state index contributed by atoms with van der Waals surface area (Å²) < 4.78 is 0. The van der Waals surface area contributed by atoms with E-state index in [2.05, 4.69) is 44.4 Å². The Hall–Kier alpha value is -0.860. The molecule has 4 nitrogen and oxygen atoms in total. The molecule has 126 valence electrons. The van der Waals surface area contributed by atoms with Crippen molar-refractivity contribution in [2.45, 2.75) is 19.8 Å². The second-order valence-electron chi connectivity index (χ2n) is 4.81. The van der Waals surface area contributed by atoms with Gasteiger partial charge in [0.15, 0.2) is 5.96 Å². The molecular formula is C16H22ClIN4S. The lowest BCUT2D eigenvalue weighted by molar-refractivity contribution is 0.797. The van der Waals surface area contributed by atoms with Gasteiger partial charge in [0.2, 0.25) is 0 Å². The standard InChI is InChI=1S/C16H21ClN4S.HI/c1-2-18-16(20-9-6-14-7-10-22-12-14)19-8-5-13-3-4-15(17)21-11-13;/h3-4,7,10-12H,2,5-6,8-9H2,1H3,(H2,18,19,20);1H. The van der Waals surface area contributed by atoms with E-state index >= 15 is 0 Å². The van der Waals surface area contributed by atoms with Gasteiger partial charge in [-0.05, 0) is 53.8 Å². The molecule has 0 radical (unpaired) electrons. The van der Waals surface area contributed by atoms with Crippen LogP contribution in [0.4, 0.5) is 0 Å². The number of rotatable bonds is 7. The van der Waals surface area contributed by atoms with Crippen LogP contribution in [0.25, 0.3) is 0 Å². The zero-order valence-electron chi connectivity index (χ0n) is 13.1. The predicted molar refractivity (Wildman–Crippen MR) is 110 cm³/mol. The Labute approximate surface area is 163 Å². The van der Waals surface area contributed by atoms with Crippen molar-refractivity contribution in [1.29, 1.82) is 0 Å². The third-order valence-corrected chi connectivity index (χ3v) is 4.05. The molecule has 0 aliphatic carbocycles. The average molecular weight is 465 g/mol. The number of hydrogen-bond acceptors (Lipinski definition) is 3. The van der Waals surface area contributed by atoms with Gasteiger partial charge >= 0.3 is 0 Å². The third-order valence-electron chi connectivity index (χ3n) is 3.09. The number of guanidine groups is 1. The Bertz CT molecular complexity index is 572. The summed E-state index contributed by atoms with van der Waals surface area (Å²) in [5, 5.41) is 11.4. The maximum absolute atomic E-state index is 5.78. The highest BCUT2D eigenvalue weighted by molar-refractivity contribution is 14.0. The Balaban J connectivity index is 0.00000264. The minimum absolute atomic E-state index is 0. The van der Waals surface area contributed by atoms with Crippen molar-refractivity contribution in [2.75, 3.05) is 19.6 Å². The van der Waals surface area contributed by atoms with E-state index in [9.17, 15) is 0 Å². The molecule has 2 aromatic heterocycles. The quantitative estimate of drug-likeness (QED) is 0.284. The molecule has 0 atom stereocenters. The van der Waals surface area contributed by atoms with E-state index in [1.807, 2.05) is 12.1 Å². The van der Waals surface area contributed by atoms with Gasteiger partial charge in [-0.25, -0.2) is 4.98 Å². The minimum atomic E-state index is 0.